The van der Waals surface area contributed by atoms with E-state index in [0.29, 0.717) is 10.7 Å². The maximum atomic E-state index is 12.9. The van der Waals surface area contributed by atoms with Gasteiger partial charge in [0.15, 0.2) is 0 Å². The van der Waals surface area contributed by atoms with Crippen molar-refractivity contribution >= 4 is 44.8 Å². The van der Waals surface area contributed by atoms with Gasteiger partial charge in [-0.1, -0.05) is 29.8 Å². The Morgan fingerprint density at radius 1 is 1.03 bits per heavy atom. The van der Waals surface area contributed by atoms with Crippen molar-refractivity contribution in [2.75, 3.05) is 15.9 Å². The molecule has 29 heavy (non-hydrogen) atoms. The summed E-state index contributed by atoms with van der Waals surface area (Å²) in [6.07, 6.45) is 1.02. The third-order valence-electron chi connectivity index (χ3n) is 4.00. The fraction of sp³-hybridized carbons (Fsp3) is 0.300. The predicted octanol–water partition coefficient (Wildman–Crippen LogP) is 3.27. The Bertz CT molecular complexity index is 1010. The molecule has 2 amide bonds. The van der Waals surface area contributed by atoms with E-state index in [1.54, 1.807) is 42.5 Å². The molecule has 0 bridgehead atoms. The molecule has 0 saturated carbocycles. The SMILES string of the molecule is CC(C)NC(=O)c1ccccc1NC(=O)[C@H](C)N(c1cccc(Cl)c1)S(C)(=O)=O. The summed E-state index contributed by atoms with van der Waals surface area (Å²) in [6, 6.07) is 11.6. The van der Waals surface area contributed by atoms with Crippen LogP contribution in [0.1, 0.15) is 31.1 Å². The molecule has 0 aromatic heterocycles. The third kappa shape index (κ3) is 5.95. The highest BCUT2D eigenvalue weighted by atomic mass is 35.5. The fourth-order valence-electron chi connectivity index (χ4n) is 2.79. The molecule has 1 atom stereocenters. The van der Waals surface area contributed by atoms with Gasteiger partial charge in [-0.15, -0.1) is 0 Å². The standard InChI is InChI=1S/C20H24ClN3O4S/c1-13(2)22-20(26)17-10-5-6-11-18(17)23-19(25)14(3)24(29(4,27)28)16-9-7-8-15(21)12-16/h5-14H,1-4H3,(H,22,26)(H,23,25)/t14-/m0/s1. The number of hydrogen-bond acceptors (Lipinski definition) is 4. The Balaban J connectivity index is 2.33. The minimum atomic E-state index is -3.78. The lowest BCUT2D eigenvalue weighted by molar-refractivity contribution is -0.116. The Hall–Kier alpha value is -2.58. The zero-order valence-corrected chi connectivity index (χ0v) is 18.2. The number of nitrogens with one attached hydrogen (secondary N) is 2. The molecule has 156 valence electrons. The van der Waals surface area contributed by atoms with Gasteiger partial charge in [0.1, 0.15) is 6.04 Å². The topological polar surface area (TPSA) is 95.6 Å². The van der Waals surface area contributed by atoms with E-state index in [0.717, 1.165) is 10.6 Å². The molecule has 0 unspecified atom stereocenters. The highest BCUT2D eigenvalue weighted by molar-refractivity contribution is 7.92. The van der Waals surface area contributed by atoms with Crippen molar-refractivity contribution in [3.05, 3.63) is 59.1 Å². The number of hydrogen-bond donors (Lipinski definition) is 2. The summed E-state index contributed by atoms with van der Waals surface area (Å²) >= 11 is 5.98. The second-order valence-corrected chi connectivity index (χ2v) is 9.17. The van der Waals surface area contributed by atoms with Gasteiger partial charge in [-0.3, -0.25) is 13.9 Å². The Labute approximate surface area is 176 Å². The van der Waals surface area contributed by atoms with E-state index in [2.05, 4.69) is 10.6 Å². The molecule has 7 nitrogen and oxygen atoms in total. The largest absolute Gasteiger partial charge is 0.350 e. The molecule has 0 spiro atoms. The molecule has 2 aromatic carbocycles. The molecule has 0 saturated heterocycles. The van der Waals surface area contributed by atoms with Crippen LogP contribution in [-0.2, 0) is 14.8 Å². The molecule has 0 radical (unpaired) electrons. The van der Waals surface area contributed by atoms with Crippen LogP contribution in [-0.4, -0.2) is 38.6 Å². The molecule has 2 rings (SSSR count). The first-order chi connectivity index (χ1) is 13.5. The first kappa shape index (κ1) is 22.7. The second-order valence-electron chi connectivity index (χ2n) is 6.88. The number of anilines is 2. The first-order valence-corrected chi connectivity index (χ1v) is 11.2. The van der Waals surface area contributed by atoms with Crippen LogP contribution >= 0.6 is 11.6 Å². The monoisotopic (exact) mass is 437 g/mol. The summed E-state index contributed by atoms with van der Waals surface area (Å²) < 4.78 is 25.7. The van der Waals surface area contributed by atoms with Gasteiger partial charge in [0.25, 0.3) is 5.91 Å². The number of carbonyl (C=O) groups is 2. The molecule has 9 heteroatoms. The Kier molecular flexibility index (Phi) is 7.26. The maximum absolute atomic E-state index is 12.9. The van der Waals surface area contributed by atoms with Crippen molar-refractivity contribution in [2.45, 2.75) is 32.9 Å². The van der Waals surface area contributed by atoms with Crippen molar-refractivity contribution in [3.8, 4) is 0 Å². The van der Waals surface area contributed by atoms with Crippen LogP contribution < -0.4 is 14.9 Å². The highest BCUT2D eigenvalue weighted by Gasteiger charge is 2.30. The van der Waals surface area contributed by atoms with E-state index in [1.807, 2.05) is 13.8 Å². The van der Waals surface area contributed by atoms with Crippen LogP contribution in [0.5, 0.6) is 0 Å². The Morgan fingerprint density at radius 2 is 1.69 bits per heavy atom. The van der Waals surface area contributed by atoms with E-state index >= 15 is 0 Å². The molecule has 0 aliphatic rings. The summed E-state index contributed by atoms with van der Waals surface area (Å²) in [7, 11) is -3.78. The van der Waals surface area contributed by atoms with Crippen LogP contribution in [0.3, 0.4) is 0 Å². The second kappa shape index (κ2) is 9.28. The van der Waals surface area contributed by atoms with Crippen LogP contribution in [0.2, 0.25) is 5.02 Å². The average Bonchev–Trinajstić information content (AvgIpc) is 2.60. The molecular formula is C20H24ClN3O4S. The van der Waals surface area contributed by atoms with E-state index in [9.17, 15) is 18.0 Å². The van der Waals surface area contributed by atoms with Crippen molar-refractivity contribution in [1.82, 2.24) is 5.32 Å². The smallest absolute Gasteiger partial charge is 0.253 e. The lowest BCUT2D eigenvalue weighted by Gasteiger charge is -2.28. The van der Waals surface area contributed by atoms with Crippen molar-refractivity contribution < 1.29 is 18.0 Å². The summed E-state index contributed by atoms with van der Waals surface area (Å²) in [4.78, 5) is 25.3. The van der Waals surface area contributed by atoms with E-state index in [1.165, 1.54) is 13.0 Å². The quantitative estimate of drug-likeness (QED) is 0.694. The van der Waals surface area contributed by atoms with E-state index in [-0.39, 0.29) is 23.2 Å². The first-order valence-electron chi connectivity index (χ1n) is 8.96. The number of para-hydroxylation sites is 1. The lowest BCUT2D eigenvalue weighted by Crippen LogP contribution is -2.45. The molecule has 0 aliphatic carbocycles. The van der Waals surface area contributed by atoms with Crippen molar-refractivity contribution in [2.24, 2.45) is 0 Å². The fourth-order valence-corrected chi connectivity index (χ4v) is 4.14. The predicted molar refractivity (Wildman–Crippen MR) is 116 cm³/mol. The van der Waals surface area contributed by atoms with Crippen molar-refractivity contribution in [1.29, 1.82) is 0 Å². The average molecular weight is 438 g/mol. The zero-order chi connectivity index (χ0) is 21.8. The number of carbonyl (C=O) groups excluding carboxylic acids is 2. The number of nitrogens with zero attached hydrogens (tertiary/aromatic N) is 1. The number of amides is 2. The molecule has 0 aliphatic heterocycles. The molecule has 0 fully saturated rings. The summed E-state index contributed by atoms with van der Waals surface area (Å²) in [5.41, 5.74) is 0.853. The van der Waals surface area contributed by atoms with Gasteiger partial charge >= 0.3 is 0 Å². The molecule has 0 heterocycles. The molecule has 2 aromatic rings. The number of rotatable bonds is 7. The van der Waals surface area contributed by atoms with Gasteiger partial charge in [-0.25, -0.2) is 8.42 Å². The minimum Gasteiger partial charge on any atom is -0.350 e. The van der Waals surface area contributed by atoms with Crippen LogP contribution in [0.25, 0.3) is 0 Å². The Morgan fingerprint density at radius 3 is 2.28 bits per heavy atom. The van der Waals surface area contributed by atoms with Gasteiger partial charge in [0, 0.05) is 11.1 Å². The minimum absolute atomic E-state index is 0.0752. The highest BCUT2D eigenvalue weighted by Crippen LogP contribution is 2.25. The van der Waals surface area contributed by atoms with Crippen LogP contribution in [0.4, 0.5) is 11.4 Å². The summed E-state index contributed by atoms with van der Waals surface area (Å²) in [6.45, 7) is 5.13. The zero-order valence-electron chi connectivity index (χ0n) is 16.6. The van der Waals surface area contributed by atoms with Crippen molar-refractivity contribution in [3.63, 3.8) is 0 Å². The van der Waals surface area contributed by atoms with Crippen LogP contribution in [0, 0.1) is 0 Å². The van der Waals surface area contributed by atoms with E-state index < -0.39 is 22.0 Å². The summed E-state index contributed by atoms with van der Waals surface area (Å²) in [5.74, 6) is -0.918. The number of sulfonamides is 1. The number of halogens is 1. The molecule has 2 N–H and O–H groups in total. The lowest BCUT2D eigenvalue weighted by atomic mass is 10.1. The van der Waals surface area contributed by atoms with Gasteiger partial charge in [0.2, 0.25) is 15.9 Å². The van der Waals surface area contributed by atoms with E-state index in [4.69, 9.17) is 11.6 Å². The van der Waals surface area contributed by atoms with Gasteiger partial charge < -0.3 is 10.6 Å². The summed E-state index contributed by atoms with van der Waals surface area (Å²) in [5, 5.41) is 5.78. The third-order valence-corrected chi connectivity index (χ3v) is 5.48. The molecular weight excluding hydrogens is 414 g/mol. The number of benzene rings is 2. The normalized spacial score (nSPS) is 12.3. The van der Waals surface area contributed by atoms with Gasteiger partial charge in [0.05, 0.1) is 23.2 Å². The van der Waals surface area contributed by atoms with Crippen LogP contribution in [0.15, 0.2) is 48.5 Å². The van der Waals surface area contributed by atoms with Gasteiger partial charge in [-0.05, 0) is 51.1 Å². The maximum Gasteiger partial charge on any atom is 0.253 e. The van der Waals surface area contributed by atoms with Gasteiger partial charge in [-0.2, -0.15) is 0 Å².